The van der Waals surface area contributed by atoms with E-state index in [1.807, 2.05) is 24.3 Å². The normalized spacial score (nSPS) is 15.3. The predicted molar refractivity (Wildman–Crippen MR) is 107 cm³/mol. The number of hydrogen-bond acceptors (Lipinski definition) is 4. The van der Waals surface area contributed by atoms with E-state index in [0.29, 0.717) is 23.0 Å². The molecule has 0 radical (unpaired) electrons. The van der Waals surface area contributed by atoms with E-state index in [1.54, 1.807) is 31.5 Å². The third-order valence-corrected chi connectivity index (χ3v) is 4.79. The maximum absolute atomic E-state index is 12.4. The average Bonchev–Trinajstić information content (AvgIpc) is 3.04. The quantitative estimate of drug-likeness (QED) is 0.749. The molecular formula is C22H21N3O2. The zero-order valence-electron chi connectivity index (χ0n) is 15.3. The van der Waals surface area contributed by atoms with Crippen LogP contribution in [0.5, 0.6) is 5.75 Å². The maximum Gasteiger partial charge on any atom is 0.255 e. The smallest absolute Gasteiger partial charge is 0.255 e. The van der Waals surface area contributed by atoms with Crippen LogP contribution < -0.4 is 15.0 Å². The van der Waals surface area contributed by atoms with Gasteiger partial charge in [0.1, 0.15) is 11.6 Å². The van der Waals surface area contributed by atoms with E-state index in [0.717, 1.165) is 12.2 Å². The van der Waals surface area contributed by atoms with E-state index in [1.165, 1.54) is 11.3 Å². The minimum absolute atomic E-state index is 0.191. The molecule has 2 aromatic carbocycles. The predicted octanol–water partition coefficient (Wildman–Crippen LogP) is 4.43. The number of amides is 1. The van der Waals surface area contributed by atoms with Crippen LogP contribution in [0.4, 0.5) is 17.2 Å². The summed E-state index contributed by atoms with van der Waals surface area (Å²) in [6.07, 6.45) is 2.70. The van der Waals surface area contributed by atoms with Crippen molar-refractivity contribution in [3.8, 4) is 5.75 Å². The van der Waals surface area contributed by atoms with Gasteiger partial charge in [0.2, 0.25) is 0 Å². The molecule has 27 heavy (non-hydrogen) atoms. The Kier molecular flexibility index (Phi) is 4.50. The molecule has 1 amide bonds. The van der Waals surface area contributed by atoms with Crippen molar-refractivity contribution in [1.82, 2.24) is 4.98 Å². The number of nitrogens with zero attached hydrogens (tertiary/aromatic N) is 2. The summed E-state index contributed by atoms with van der Waals surface area (Å²) in [6, 6.07) is 19.6. The van der Waals surface area contributed by atoms with E-state index in [9.17, 15) is 4.79 Å². The first kappa shape index (κ1) is 17.1. The summed E-state index contributed by atoms with van der Waals surface area (Å²) in [5.41, 5.74) is 3.74. The van der Waals surface area contributed by atoms with E-state index in [2.05, 4.69) is 40.3 Å². The molecule has 0 saturated heterocycles. The highest BCUT2D eigenvalue weighted by Crippen LogP contribution is 2.37. The number of hydrogen-bond donors (Lipinski definition) is 1. The molecule has 0 saturated carbocycles. The number of aromatic nitrogens is 1. The Morgan fingerprint density at radius 2 is 2.00 bits per heavy atom. The van der Waals surface area contributed by atoms with Crippen LogP contribution in [0.15, 0.2) is 66.9 Å². The lowest BCUT2D eigenvalue weighted by molar-refractivity contribution is 0.102. The molecule has 0 aliphatic carbocycles. The third kappa shape index (κ3) is 3.36. The fraction of sp³-hybridized carbons (Fsp3) is 0.182. The monoisotopic (exact) mass is 359 g/mol. The van der Waals surface area contributed by atoms with Gasteiger partial charge in [-0.25, -0.2) is 4.98 Å². The van der Waals surface area contributed by atoms with Gasteiger partial charge in [0.25, 0.3) is 5.91 Å². The summed E-state index contributed by atoms with van der Waals surface area (Å²) >= 11 is 0. The highest BCUT2D eigenvalue weighted by Gasteiger charge is 2.27. The number of pyridine rings is 1. The van der Waals surface area contributed by atoms with Crippen LogP contribution in [0.2, 0.25) is 0 Å². The number of anilines is 3. The van der Waals surface area contributed by atoms with E-state index >= 15 is 0 Å². The van der Waals surface area contributed by atoms with Crippen molar-refractivity contribution in [2.24, 2.45) is 0 Å². The number of nitrogens with one attached hydrogen (secondary N) is 1. The van der Waals surface area contributed by atoms with Gasteiger partial charge in [0.05, 0.1) is 19.0 Å². The van der Waals surface area contributed by atoms with Crippen LogP contribution in [0.3, 0.4) is 0 Å². The number of rotatable bonds is 4. The molecule has 1 unspecified atom stereocenters. The van der Waals surface area contributed by atoms with Crippen molar-refractivity contribution in [1.29, 1.82) is 0 Å². The van der Waals surface area contributed by atoms with Crippen LogP contribution in [0, 0.1) is 0 Å². The Bertz CT molecular complexity index is 969. The second kappa shape index (κ2) is 7.11. The molecule has 136 valence electrons. The number of carbonyl (C=O) groups excluding carboxylic acids is 1. The maximum atomic E-state index is 12.4. The van der Waals surface area contributed by atoms with Gasteiger partial charge in [-0.1, -0.05) is 24.3 Å². The van der Waals surface area contributed by atoms with Crippen LogP contribution in [-0.2, 0) is 6.42 Å². The zero-order valence-corrected chi connectivity index (χ0v) is 15.3. The molecule has 1 aliphatic heterocycles. The van der Waals surface area contributed by atoms with Gasteiger partial charge in [-0.3, -0.25) is 4.79 Å². The first-order chi connectivity index (χ1) is 13.2. The third-order valence-electron chi connectivity index (χ3n) is 4.79. The first-order valence-electron chi connectivity index (χ1n) is 8.94. The average molecular weight is 359 g/mol. The van der Waals surface area contributed by atoms with Crippen molar-refractivity contribution in [3.05, 3.63) is 78.0 Å². The summed E-state index contributed by atoms with van der Waals surface area (Å²) in [6.45, 7) is 2.19. The van der Waals surface area contributed by atoms with Crippen LogP contribution in [0.25, 0.3) is 0 Å². The first-order valence-corrected chi connectivity index (χ1v) is 8.94. The number of carbonyl (C=O) groups is 1. The molecule has 1 N–H and O–H groups in total. The van der Waals surface area contributed by atoms with Gasteiger partial charge in [-0.2, -0.15) is 0 Å². The molecule has 0 spiro atoms. The number of para-hydroxylation sites is 1. The Morgan fingerprint density at radius 3 is 2.78 bits per heavy atom. The summed E-state index contributed by atoms with van der Waals surface area (Å²) in [7, 11) is 1.58. The van der Waals surface area contributed by atoms with Gasteiger partial charge in [-0.05, 0) is 55.3 Å². The van der Waals surface area contributed by atoms with Gasteiger partial charge in [-0.15, -0.1) is 0 Å². The van der Waals surface area contributed by atoms with Gasteiger partial charge in [0.15, 0.2) is 0 Å². The van der Waals surface area contributed by atoms with E-state index in [-0.39, 0.29) is 5.91 Å². The number of fused-ring (bicyclic) bond motifs is 1. The minimum atomic E-state index is -0.191. The summed E-state index contributed by atoms with van der Waals surface area (Å²) in [5, 5.41) is 2.88. The van der Waals surface area contributed by atoms with Crippen molar-refractivity contribution in [3.63, 3.8) is 0 Å². The second-order valence-corrected chi connectivity index (χ2v) is 6.64. The van der Waals surface area contributed by atoms with Crippen molar-refractivity contribution in [2.45, 2.75) is 19.4 Å². The second-order valence-electron chi connectivity index (χ2n) is 6.64. The molecule has 4 rings (SSSR count). The highest BCUT2D eigenvalue weighted by atomic mass is 16.5. The van der Waals surface area contributed by atoms with Gasteiger partial charge in [0, 0.05) is 17.3 Å². The molecule has 5 nitrogen and oxygen atoms in total. The SMILES string of the molecule is COc1cccc(C(=O)Nc2ccc(N3c4ccccc4CC3C)nc2)c1. The Morgan fingerprint density at radius 1 is 1.15 bits per heavy atom. The van der Waals surface area contributed by atoms with Crippen molar-refractivity contribution >= 4 is 23.1 Å². The Balaban J connectivity index is 1.52. The highest BCUT2D eigenvalue weighted by molar-refractivity contribution is 6.04. The standard InChI is InChI=1S/C22H21N3O2/c1-15-12-16-6-3-4-9-20(16)25(15)21-11-10-18(14-23-21)24-22(26)17-7-5-8-19(13-17)27-2/h3-11,13-15H,12H2,1-2H3,(H,24,26). The summed E-state index contributed by atoms with van der Waals surface area (Å²) < 4.78 is 5.17. The molecular weight excluding hydrogens is 338 g/mol. The summed E-state index contributed by atoms with van der Waals surface area (Å²) in [4.78, 5) is 19.3. The molecule has 2 heterocycles. The topological polar surface area (TPSA) is 54.5 Å². The minimum Gasteiger partial charge on any atom is -0.497 e. The van der Waals surface area contributed by atoms with Crippen LogP contribution in [-0.4, -0.2) is 24.0 Å². The number of benzene rings is 2. The van der Waals surface area contributed by atoms with Gasteiger partial charge < -0.3 is 15.0 Å². The molecule has 0 fully saturated rings. The molecule has 3 aromatic rings. The summed E-state index contributed by atoms with van der Waals surface area (Å²) in [5.74, 6) is 1.34. The van der Waals surface area contributed by atoms with Gasteiger partial charge >= 0.3 is 0 Å². The number of methoxy groups -OCH3 is 1. The van der Waals surface area contributed by atoms with Crippen molar-refractivity contribution in [2.75, 3.05) is 17.3 Å². The lowest BCUT2D eigenvalue weighted by Gasteiger charge is -2.24. The lowest BCUT2D eigenvalue weighted by Crippen LogP contribution is -2.24. The van der Waals surface area contributed by atoms with E-state index < -0.39 is 0 Å². The molecule has 1 atom stereocenters. The fourth-order valence-corrected chi connectivity index (χ4v) is 3.48. The fourth-order valence-electron chi connectivity index (χ4n) is 3.48. The van der Waals surface area contributed by atoms with Crippen LogP contribution in [0.1, 0.15) is 22.8 Å². The Hall–Kier alpha value is -3.34. The van der Waals surface area contributed by atoms with Crippen molar-refractivity contribution < 1.29 is 9.53 Å². The number of ether oxygens (including phenoxy) is 1. The molecule has 5 heteroatoms. The lowest BCUT2D eigenvalue weighted by atomic mass is 10.1. The van der Waals surface area contributed by atoms with Crippen LogP contribution >= 0.6 is 0 Å². The molecule has 1 aliphatic rings. The molecule has 0 bridgehead atoms. The van der Waals surface area contributed by atoms with E-state index in [4.69, 9.17) is 4.74 Å². The Labute approximate surface area is 158 Å². The zero-order chi connectivity index (χ0) is 18.8. The molecule has 1 aromatic heterocycles. The largest absolute Gasteiger partial charge is 0.497 e.